The number of carbonyl (C=O) groups is 1. The van der Waals surface area contributed by atoms with Gasteiger partial charge in [-0.2, -0.15) is 9.83 Å². The molecule has 6 nitrogen and oxygen atoms in total. The Hall–Kier alpha value is -3.07. The van der Waals surface area contributed by atoms with E-state index in [1.165, 1.54) is 18.2 Å². The number of pyridine rings is 1. The lowest BCUT2D eigenvalue weighted by molar-refractivity contribution is -0.683. The summed E-state index contributed by atoms with van der Waals surface area (Å²) in [6, 6.07) is 10.8. The number of benzene rings is 1. The lowest BCUT2D eigenvalue weighted by Gasteiger charge is -1.98. The van der Waals surface area contributed by atoms with Gasteiger partial charge in [0, 0.05) is 29.8 Å². The van der Waals surface area contributed by atoms with E-state index >= 15 is 0 Å². The molecule has 1 aromatic heterocycles. The van der Waals surface area contributed by atoms with Crippen molar-refractivity contribution in [3.05, 3.63) is 70.0 Å². The molecular weight excluding hydrogens is 258 g/mol. The lowest BCUT2D eigenvalue weighted by atomic mass is 10.1. The van der Waals surface area contributed by atoms with Gasteiger partial charge in [-0.3, -0.25) is 14.9 Å². The molecule has 1 aromatic carbocycles. The molecule has 0 amide bonds. The number of nitro benzene ring substituents is 1. The number of ketones is 1. The highest BCUT2D eigenvalue weighted by molar-refractivity contribution is 5.95. The van der Waals surface area contributed by atoms with E-state index in [4.69, 9.17) is 5.26 Å². The van der Waals surface area contributed by atoms with Crippen LogP contribution in [0, 0.1) is 21.4 Å². The van der Waals surface area contributed by atoms with E-state index in [1.54, 1.807) is 35.2 Å². The Balaban J connectivity index is 2.17. The molecule has 0 spiro atoms. The second-order valence-electron chi connectivity index (χ2n) is 4.10. The Morgan fingerprint density at radius 3 is 2.60 bits per heavy atom. The van der Waals surface area contributed by atoms with Gasteiger partial charge in [-0.25, -0.2) is 0 Å². The van der Waals surface area contributed by atoms with Crippen molar-refractivity contribution in [3.8, 4) is 6.07 Å². The zero-order chi connectivity index (χ0) is 14.5. The Kier molecular flexibility index (Phi) is 3.82. The van der Waals surface area contributed by atoms with Crippen molar-refractivity contribution in [2.24, 2.45) is 0 Å². The van der Waals surface area contributed by atoms with Gasteiger partial charge in [-0.15, -0.1) is 0 Å². The number of hydrogen-bond donors (Lipinski definition) is 0. The quantitative estimate of drug-likeness (QED) is 0.365. The number of hydrogen-bond acceptors (Lipinski definition) is 4. The van der Waals surface area contributed by atoms with Crippen LogP contribution in [0.15, 0.2) is 48.8 Å². The maximum atomic E-state index is 12.0. The SMILES string of the molecule is N#Cc1cc[n+](CC(=O)c2cccc([N+](=O)[O-])c2)cc1. The molecule has 6 heteroatoms. The van der Waals surface area contributed by atoms with Crippen LogP contribution in [0.3, 0.4) is 0 Å². The number of nitro groups is 1. The maximum absolute atomic E-state index is 12.0. The van der Waals surface area contributed by atoms with Gasteiger partial charge in [-0.05, 0) is 0 Å². The molecule has 2 rings (SSSR count). The third kappa shape index (κ3) is 3.03. The van der Waals surface area contributed by atoms with E-state index in [2.05, 4.69) is 0 Å². The Morgan fingerprint density at radius 2 is 2.00 bits per heavy atom. The monoisotopic (exact) mass is 268 g/mol. The minimum atomic E-state index is -0.536. The molecule has 0 bridgehead atoms. The zero-order valence-electron chi connectivity index (χ0n) is 10.4. The summed E-state index contributed by atoms with van der Waals surface area (Å²) in [7, 11) is 0. The van der Waals surface area contributed by atoms with E-state index in [1.807, 2.05) is 6.07 Å². The number of Topliss-reactive ketones (excluding diaryl/α,β-unsaturated/α-hetero) is 1. The zero-order valence-corrected chi connectivity index (χ0v) is 10.4. The molecular formula is C14H10N3O3+. The van der Waals surface area contributed by atoms with Crippen LogP contribution in [0.5, 0.6) is 0 Å². The first-order chi connectivity index (χ1) is 9.60. The summed E-state index contributed by atoms with van der Waals surface area (Å²) in [6.07, 6.45) is 3.24. The highest BCUT2D eigenvalue weighted by atomic mass is 16.6. The molecule has 0 saturated heterocycles. The molecule has 0 aliphatic carbocycles. The number of carbonyl (C=O) groups excluding carboxylic acids is 1. The standard InChI is InChI=1S/C14H10N3O3/c15-9-11-4-6-16(7-5-11)10-14(18)12-2-1-3-13(8-12)17(19)20/h1-8H,10H2/q+1. The summed E-state index contributed by atoms with van der Waals surface area (Å²) in [6.45, 7) is 0.0624. The van der Waals surface area contributed by atoms with Crippen LogP contribution in [0.1, 0.15) is 15.9 Å². The van der Waals surface area contributed by atoms with Crippen LogP contribution in [0.2, 0.25) is 0 Å². The van der Waals surface area contributed by atoms with E-state index < -0.39 is 4.92 Å². The fourth-order valence-corrected chi connectivity index (χ4v) is 1.69. The summed E-state index contributed by atoms with van der Waals surface area (Å²) < 4.78 is 1.61. The molecule has 0 atom stereocenters. The Labute approximate surface area is 114 Å². The highest BCUT2D eigenvalue weighted by Crippen LogP contribution is 2.13. The molecule has 0 aliphatic rings. The normalized spacial score (nSPS) is 9.75. The smallest absolute Gasteiger partial charge is 0.270 e. The average molecular weight is 268 g/mol. The van der Waals surface area contributed by atoms with Crippen LogP contribution in [0.4, 0.5) is 5.69 Å². The van der Waals surface area contributed by atoms with Gasteiger partial charge in [-0.1, -0.05) is 12.1 Å². The fraction of sp³-hybridized carbons (Fsp3) is 0.0714. The van der Waals surface area contributed by atoms with E-state index in [0.29, 0.717) is 5.56 Å². The van der Waals surface area contributed by atoms with E-state index in [9.17, 15) is 14.9 Å². The van der Waals surface area contributed by atoms with Gasteiger partial charge in [0.2, 0.25) is 12.3 Å². The predicted octanol–water partition coefficient (Wildman–Crippen LogP) is 1.64. The molecule has 2 aromatic rings. The minimum Gasteiger partial charge on any atom is -0.287 e. The van der Waals surface area contributed by atoms with Crippen LogP contribution in [-0.2, 0) is 6.54 Å². The van der Waals surface area contributed by atoms with Crippen molar-refractivity contribution >= 4 is 11.5 Å². The number of nitrogens with zero attached hydrogens (tertiary/aromatic N) is 3. The van der Waals surface area contributed by atoms with Gasteiger partial charge in [0.15, 0.2) is 12.4 Å². The third-order valence-electron chi connectivity index (χ3n) is 2.73. The molecule has 0 N–H and O–H groups in total. The molecule has 98 valence electrons. The first-order valence-corrected chi connectivity index (χ1v) is 5.77. The second-order valence-corrected chi connectivity index (χ2v) is 4.10. The van der Waals surface area contributed by atoms with Gasteiger partial charge in [0.05, 0.1) is 16.6 Å². The average Bonchev–Trinajstić information content (AvgIpc) is 2.48. The molecule has 20 heavy (non-hydrogen) atoms. The summed E-state index contributed by atoms with van der Waals surface area (Å²) in [5.74, 6) is -0.233. The lowest BCUT2D eigenvalue weighted by Crippen LogP contribution is -2.37. The summed E-state index contributed by atoms with van der Waals surface area (Å²) in [4.78, 5) is 22.2. The topological polar surface area (TPSA) is 87.9 Å². The van der Waals surface area contributed by atoms with Crippen LogP contribution >= 0.6 is 0 Å². The third-order valence-corrected chi connectivity index (χ3v) is 2.73. The first kappa shape index (κ1) is 13.4. The van der Waals surface area contributed by atoms with Crippen LogP contribution < -0.4 is 4.57 Å². The number of non-ortho nitro benzene ring substituents is 1. The molecule has 0 radical (unpaired) electrons. The summed E-state index contributed by atoms with van der Waals surface area (Å²) in [5, 5.41) is 19.3. The van der Waals surface area contributed by atoms with Crippen molar-refractivity contribution in [1.29, 1.82) is 5.26 Å². The van der Waals surface area contributed by atoms with Crippen LogP contribution in [-0.4, -0.2) is 10.7 Å². The molecule has 0 aliphatic heterocycles. The van der Waals surface area contributed by atoms with Crippen molar-refractivity contribution in [1.82, 2.24) is 0 Å². The Bertz CT molecular complexity index is 702. The van der Waals surface area contributed by atoms with Gasteiger partial charge < -0.3 is 0 Å². The molecule has 1 heterocycles. The van der Waals surface area contributed by atoms with E-state index in [-0.39, 0.29) is 23.6 Å². The minimum absolute atomic E-state index is 0.0624. The number of aromatic nitrogens is 1. The second kappa shape index (κ2) is 5.71. The van der Waals surface area contributed by atoms with Crippen molar-refractivity contribution < 1.29 is 14.3 Å². The van der Waals surface area contributed by atoms with Crippen molar-refractivity contribution in [2.75, 3.05) is 0 Å². The summed E-state index contributed by atoms with van der Waals surface area (Å²) in [5.41, 5.74) is 0.681. The van der Waals surface area contributed by atoms with Crippen molar-refractivity contribution in [3.63, 3.8) is 0 Å². The van der Waals surface area contributed by atoms with Crippen molar-refractivity contribution in [2.45, 2.75) is 6.54 Å². The Morgan fingerprint density at radius 1 is 1.30 bits per heavy atom. The predicted molar refractivity (Wildman–Crippen MR) is 68.8 cm³/mol. The molecule has 0 unspecified atom stereocenters. The van der Waals surface area contributed by atoms with Gasteiger partial charge in [0.25, 0.3) is 5.69 Å². The number of rotatable bonds is 4. The van der Waals surface area contributed by atoms with Crippen LogP contribution in [0.25, 0.3) is 0 Å². The number of nitriles is 1. The van der Waals surface area contributed by atoms with E-state index in [0.717, 1.165) is 0 Å². The first-order valence-electron chi connectivity index (χ1n) is 5.77. The highest BCUT2D eigenvalue weighted by Gasteiger charge is 2.15. The van der Waals surface area contributed by atoms with Gasteiger partial charge in [0.1, 0.15) is 0 Å². The molecule has 0 fully saturated rings. The molecule has 0 saturated carbocycles. The fourth-order valence-electron chi connectivity index (χ4n) is 1.69. The maximum Gasteiger partial charge on any atom is 0.270 e. The largest absolute Gasteiger partial charge is 0.287 e. The van der Waals surface area contributed by atoms with Gasteiger partial charge >= 0.3 is 0 Å². The summed E-state index contributed by atoms with van der Waals surface area (Å²) >= 11 is 0.